The van der Waals surface area contributed by atoms with Gasteiger partial charge in [0.05, 0.1) is 0 Å². The molecule has 0 bridgehead atoms. The standard InChI is InChI=1S/C15H16NO2.Y/c1-3-11-18-13-9-7-12(8-10-13)14-5-4-6-15(17)16(14)2;/h3,7-10H,1,4,6,11H2,2H3;/q-1;. The third-order valence-corrected chi connectivity index (χ3v) is 2.84. The Balaban J connectivity index is 0.00000180. The summed E-state index contributed by atoms with van der Waals surface area (Å²) in [5, 5.41) is 0. The first-order valence-electron chi connectivity index (χ1n) is 5.94. The maximum absolute atomic E-state index is 11.6. The number of hydrogen-bond donors (Lipinski definition) is 0. The van der Waals surface area contributed by atoms with Crippen LogP contribution in [-0.2, 0) is 37.5 Å². The minimum atomic E-state index is 0. The molecule has 2 rings (SSSR count). The Kier molecular flexibility index (Phi) is 6.46. The van der Waals surface area contributed by atoms with Crippen molar-refractivity contribution in [2.45, 2.75) is 12.8 Å². The van der Waals surface area contributed by atoms with Crippen LogP contribution in [0.3, 0.4) is 0 Å². The van der Waals surface area contributed by atoms with Gasteiger partial charge in [-0.1, -0.05) is 12.7 Å². The van der Waals surface area contributed by atoms with Crippen LogP contribution in [0, 0.1) is 6.08 Å². The number of hydrogen-bond acceptors (Lipinski definition) is 2. The first kappa shape index (κ1) is 16.1. The average molecular weight is 331 g/mol. The van der Waals surface area contributed by atoms with E-state index in [9.17, 15) is 4.79 Å². The zero-order valence-electron chi connectivity index (χ0n) is 11.1. The Hall–Kier alpha value is -0.926. The first-order chi connectivity index (χ1) is 8.72. The molecular weight excluding hydrogens is 315 g/mol. The average Bonchev–Trinajstić information content (AvgIpc) is 2.40. The second kappa shape index (κ2) is 7.61. The number of amides is 1. The van der Waals surface area contributed by atoms with Crippen LogP contribution in [0.25, 0.3) is 5.70 Å². The predicted molar refractivity (Wildman–Crippen MR) is 70.8 cm³/mol. The van der Waals surface area contributed by atoms with E-state index in [1.807, 2.05) is 24.3 Å². The molecule has 97 valence electrons. The molecule has 19 heavy (non-hydrogen) atoms. The van der Waals surface area contributed by atoms with E-state index in [0.717, 1.165) is 17.0 Å². The summed E-state index contributed by atoms with van der Waals surface area (Å²) < 4.78 is 5.42. The van der Waals surface area contributed by atoms with Gasteiger partial charge in [-0.05, 0) is 12.1 Å². The number of nitrogens with zero attached hydrogens (tertiary/aromatic N) is 1. The van der Waals surface area contributed by atoms with Crippen LogP contribution in [0.15, 0.2) is 36.9 Å². The van der Waals surface area contributed by atoms with E-state index in [2.05, 4.69) is 12.7 Å². The molecule has 0 atom stereocenters. The molecule has 3 nitrogen and oxygen atoms in total. The second-order valence-corrected chi connectivity index (χ2v) is 4.10. The largest absolute Gasteiger partial charge is 0.490 e. The van der Waals surface area contributed by atoms with Crippen LogP contribution in [0.4, 0.5) is 0 Å². The molecule has 1 radical (unpaired) electrons. The molecule has 0 aliphatic carbocycles. The maximum atomic E-state index is 11.6. The molecule has 1 aliphatic rings. The maximum Gasteiger partial charge on any atom is 0.222 e. The molecule has 1 aliphatic heterocycles. The third-order valence-electron chi connectivity index (χ3n) is 2.84. The number of rotatable bonds is 4. The van der Waals surface area contributed by atoms with Gasteiger partial charge < -0.3 is 9.64 Å². The topological polar surface area (TPSA) is 29.5 Å². The Morgan fingerprint density at radius 1 is 1.42 bits per heavy atom. The summed E-state index contributed by atoms with van der Waals surface area (Å²) in [4.78, 5) is 13.3. The van der Waals surface area contributed by atoms with Gasteiger partial charge in [0.2, 0.25) is 5.91 Å². The number of benzene rings is 1. The van der Waals surface area contributed by atoms with Crippen LogP contribution in [0.5, 0.6) is 5.75 Å². The molecule has 0 spiro atoms. The van der Waals surface area contributed by atoms with Gasteiger partial charge >= 0.3 is 0 Å². The summed E-state index contributed by atoms with van der Waals surface area (Å²) >= 11 is 0. The van der Waals surface area contributed by atoms with E-state index in [0.29, 0.717) is 19.4 Å². The smallest absolute Gasteiger partial charge is 0.222 e. The normalized spacial score (nSPS) is 14.5. The van der Waals surface area contributed by atoms with Crippen molar-refractivity contribution in [3.8, 4) is 5.75 Å². The molecule has 4 heteroatoms. The molecule has 0 saturated carbocycles. The zero-order valence-corrected chi connectivity index (χ0v) is 13.9. The van der Waals surface area contributed by atoms with E-state index >= 15 is 0 Å². The number of allylic oxidation sites excluding steroid dienone is 1. The molecule has 0 saturated heterocycles. The number of carbonyl (C=O) groups excluding carboxylic acids is 1. The van der Waals surface area contributed by atoms with Gasteiger partial charge in [-0.25, -0.2) is 6.08 Å². The Morgan fingerprint density at radius 2 is 2.11 bits per heavy atom. The van der Waals surface area contributed by atoms with Crippen molar-refractivity contribution in [3.63, 3.8) is 0 Å². The fraction of sp³-hybridized carbons (Fsp3) is 0.267. The van der Waals surface area contributed by atoms with Gasteiger partial charge in [0.1, 0.15) is 12.4 Å². The number of ether oxygens (including phenoxy) is 1. The minimum absolute atomic E-state index is 0. The van der Waals surface area contributed by atoms with Crippen LogP contribution in [0.2, 0.25) is 0 Å². The van der Waals surface area contributed by atoms with Crippen molar-refractivity contribution < 1.29 is 42.2 Å². The van der Waals surface area contributed by atoms with Gasteiger partial charge in [0.15, 0.2) is 0 Å². The van der Waals surface area contributed by atoms with E-state index < -0.39 is 0 Å². The van der Waals surface area contributed by atoms with Crippen molar-refractivity contribution in [1.82, 2.24) is 4.90 Å². The first-order valence-corrected chi connectivity index (χ1v) is 5.94. The Labute approximate surface area is 139 Å². The fourth-order valence-electron chi connectivity index (χ4n) is 1.86. The third kappa shape index (κ3) is 4.02. The van der Waals surface area contributed by atoms with Crippen molar-refractivity contribution in [2.75, 3.05) is 13.7 Å². The molecule has 0 aromatic heterocycles. The van der Waals surface area contributed by atoms with Crippen LogP contribution in [0.1, 0.15) is 18.4 Å². The van der Waals surface area contributed by atoms with Crippen molar-refractivity contribution >= 4 is 11.6 Å². The molecule has 1 heterocycles. The molecular formula is C15H16NO2Y-. The molecule has 0 unspecified atom stereocenters. The quantitative estimate of drug-likeness (QED) is 0.627. The van der Waals surface area contributed by atoms with Gasteiger partial charge in [0, 0.05) is 46.2 Å². The van der Waals surface area contributed by atoms with Gasteiger partial charge in [-0.3, -0.25) is 4.79 Å². The van der Waals surface area contributed by atoms with E-state index in [1.54, 1.807) is 18.0 Å². The van der Waals surface area contributed by atoms with Crippen molar-refractivity contribution in [2.24, 2.45) is 0 Å². The Bertz CT molecular complexity index is 479. The second-order valence-electron chi connectivity index (χ2n) is 4.10. The molecule has 1 amide bonds. The molecule has 1 aromatic carbocycles. The van der Waals surface area contributed by atoms with Gasteiger partial charge in [-0.2, -0.15) is 5.56 Å². The summed E-state index contributed by atoms with van der Waals surface area (Å²) in [7, 11) is 1.78. The monoisotopic (exact) mass is 331 g/mol. The zero-order chi connectivity index (χ0) is 13.0. The van der Waals surface area contributed by atoms with Gasteiger partial charge in [-0.15, -0.1) is 24.3 Å². The Morgan fingerprint density at radius 3 is 2.74 bits per heavy atom. The molecule has 0 N–H and O–H groups in total. The van der Waals surface area contributed by atoms with E-state index in [-0.39, 0.29) is 38.6 Å². The molecule has 0 fully saturated rings. The fourth-order valence-corrected chi connectivity index (χ4v) is 1.86. The van der Waals surface area contributed by atoms with Crippen LogP contribution in [-0.4, -0.2) is 24.5 Å². The SMILES string of the molecule is C=CCOc1ccc(C2=[C-]CCC(=O)N2C)cc1.[Y]. The predicted octanol–water partition coefficient (Wildman–Crippen LogP) is 2.65. The van der Waals surface area contributed by atoms with E-state index in [1.165, 1.54) is 0 Å². The van der Waals surface area contributed by atoms with Crippen LogP contribution < -0.4 is 4.74 Å². The summed E-state index contributed by atoms with van der Waals surface area (Å²) in [6.07, 6.45) is 6.18. The number of carbonyl (C=O) groups is 1. The van der Waals surface area contributed by atoms with Gasteiger partial charge in [0.25, 0.3) is 0 Å². The molecule has 1 aromatic rings. The summed E-state index contributed by atoms with van der Waals surface area (Å²) in [5.74, 6) is 0.930. The summed E-state index contributed by atoms with van der Waals surface area (Å²) in [6, 6.07) is 7.66. The van der Waals surface area contributed by atoms with E-state index in [4.69, 9.17) is 4.74 Å². The van der Waals surface area contributed by atoms with Crippen molar-refractivity contribution in [1.29, 1.82) is 0 Å². The van der Waals surface area contributed by atoms with Crippen LogP contribution >= 0.6 is 0 Å². The summed E-state index contributed by atoms with van der Waals surface area (Å²) in [5.41, 5.74) is 1.83. The summed E-state index contributed by atoms with van der Waals surface area (Å²) in [6.45, 7) is 4.09. The minimum Gasteiger partial charge on any atom is -0.490 e. The van der Waals surface area contributed by atoms with Crippen molar-refractivity contribution in [3.05, 3.63) is 48.6 Å².